The number of allylic oxidation sites excluding steroid dienone is 1. The van der Waals surface area contributed by atoms with E-state index in [0.29, 0.717) is 0 Å². The Morgan fingerprint density at radius 3 is 3.00 bits per heavy atom. The van der Waals surface area contributed by atoms with Crippen molar-refractivity contribution < 1.29 is 4.74 Å². The number of unbranched alkanes of at least 4 members (excludes halogenated alkanes) is 2. The number of alkyl halides is 1. The molecule has 0 N–H and O–H groups in total. The molecule has 0 saturated heterocycles. The first-order chi connectivity index (χ1) is 7.36. The minimum atomic E-state index is 0.865. The Morgan fingerprint density at radius 1 is 1.40 bits per heavy atom. The van der Waals surface area contributed by atoms with Crippen LogP contribution in [-0.2, 0) is 5.33 Å². The minimum absolute atomic E-state index is 0.865. The van der Waals surface area contributed by atoms with Crippen LogP contribution in [0.4, 0.5) is 0 Å². The van der Waals surface area contributed by atoms with Crippen LogP contribution in [0.5, 0.6) is 5.75 Å². The maximum atomic E-state index is 5.49. The van der Waals surface area contributed by atoms with Gasteiger partial charge in [-0.2, -0.15) is 0 Å². The molecule has 0 heterocycles. The lowest BCUT2D eigenvalue weighted by Gasteiger charge is -2.01. The highest BCUT2D eigenvalue weighted by molar-refractivity contribution is 9.08. The fourth-order valence-electron chi connectivity index (χ4n) is 1.22. The Morgan fingerprint density at radius 2 is 2.27 bits per heavy atom. The van der Waals surface area contributed by atoms with Gasteiger partial charge in [-0.15, -0.1) is 0 Å². The molecule has 0 amide bonds. The summed E-state index contributed by atoms with van der Waals surface area (Å²) in [6, 6.07) is 8.09. The van der Waals surface area contributed by atoms with Gasteiger partial charge in [-0.05, 0) is 36.6 Å². The fraction of sp³-hybridized carbons (Fsp3) is 0.385. The van der Waals surface area contributed by atoms with Crippen molar-refractivity contribution >= 4 is 15.9 Å². The van der Waals surface area contributed by atoms with Crippen molar-refractivity contribution in [2.45, 2.75) is 31.5 Å². The van der Waals surface area contributed by atoms with Crippen molar-refractivity contribution in [3.63, 3.8) is 0 Å². The van der Waals surface area contributed by atoms with E-state index >= 15 is 0 Å². The van der Waals surface area contributed by atoms with E-state index in [2.05, 4.69) is 35.0 Å². The van der Waals surface area contributed by atoms with Crippen LogP contribution < -0.4 is 4.74 Å². The third kappa shape index (κ3) is 5.03. The average molecular weight is 269 g/mol. The first-order valence-electron chi connectivity index (χ1n) is 5.33. The molecule has 0 unspecified atom stereocenters. The molecule has 0 fully saturated rings. The van der Waals surface area contributed by atoms with Gasteiger partial charge in [0, 0.05) is 5.33 Å². The Bertz CT molecular complexity index is 307. The molecule has 0 aromatic heterocycles. The highest BCUT2D eigenvalue weighted by Gasteiger charge is 1.93. The van der Waals surface area contributed by atoms with Gasteiger partial charge in [-0.1, -0.05) is 41.4 Å². The molecular formula is C13H17BrO. The molecule has 0 saturated carbocycles. The van der Waals surface area contributed by atoms with Gasteiger partial charge in [-0.3, -0.25) is 0 Å². The topological polar surface area (TPSA) is 9.23 Å². The second kappa shape index (κ2) is 7.52. The monoisotopic (exact) mass is 268 g/mol. The molecule has 82 valence electrons. The summed E-state index contributed by atoms with van der Waals surface area (Å²) in [7, 11) is 0. The summed E-state index contributed by atoms with van der Waals surface area (Å²) in [5.74, 6) is 0.902. The number of rotatable bonds is 6. The quantitative estimate of drug-likeness (QED) is 0.414. The first-order valence-corrected chi connectivity index (χ1v) is 6.45. The molecule has 1 nitrogen and oxygen atoms in total. The normalized spacial score (nSPS) is 10.8. The largest absolute Gasteiger partial charge is 0.465 e. The minimum Gasteiger partial charge on any atom is -0.465 e. The van der Waals surface area contributed by atoms with Crippen molar-refractivity contribution in [3.05, 3.63) is 42.2 Å². The second-order valence-electron chi connectivity index (χ2n) is 3.41. The van der Waals surface area contributed by atoms with Crippen molar-refractivity contribution in [1.82, 2.24) is 0 Å². The molecule has 0 bridgehead atoms. The van der Waals surface area contributed by atoms with E-state index < -0.39 is 0 Å². The predicted octanol–water partition coefficient (Wildman–Crippen LogP) is 4.66. The fourth-order valence-corrected chi connectivity index (χ4v) is 1.57. The second-order valence-corrected chi connectivity index (χ2v) is 3.97. The summed E-state index contributed by atoms with van der Waals surface area (Å²) >= 11 is 3.42. The number of hydrogen-bond donors (Lipinski definition) is 0. The third-order valence-electron chi connectivity index (χ3n) is 2.08. The lowest BCUT2D eigenvalue weighted by molar-refractivity contribution is 0.477. The van der Waals surface area contributed by atoms with Crippen LogP contribution in [0.15, 0.2) is 36.6 Å². The molecular weight excluding hydrogens is 252 g/mol. The zero-order valence-electron chi connectivity index (χ0n) is 9.08. The summed E-state index contributed by atoms with van der Waals surface area (Å²) in [6.45, 7) is 2.19. The Kier molecular flexibility index (Phi) is 6.17. The van der Waals surface area contributed by atoms with E-state index in [-0.39, 0.29) is 0 Å². The Hall–Kier alpha value is -0.760. The molecule has 0 aliphatic heterocycles. The highest BCUT2D eigenvalue weighted by atomic mass is 79.9. The van der Waals surface area contributed by atoms with Gasteiger partial charge in [-0.25, -0.2) is 0 Å². The van der Waals surface area contributed by atoms with Crippen LogP contribution in [0.1, 0.15) is 31.7 Å². The zero-order chi connectivity index (χ0) is 10.9. The molecule has 0 spiro atoms. The highest BCUT2D eigenvalue weighted by Crippen LogP contribution is 2.15. The smallest absolute Gasteiger partial charge is 0.126 e. The van der Waals surface area contributed by atoms with Crippen molar-refractivity contribution in [2.24, 2.45) is 0 Å². The summed E-state index contributed by atoms with van der Waals surface area (Å²) in [5.41, 5.74) is 1.23. The van der Waals surface area contributed by atoms with Crippen LogP contribution in [0.3, 0.4) is 0 Å². The van der Waals surface area contributed by atoms with Crippen molar-refractivity contribution in [2.75, 3.05) is 0 Å². The summed E-state index contributed by atoms with van der Waals surface area (Å²) < 4.78 is 5.49. The molecule has 0 aliphatic carbocycles. The maximum absolute atomic E-state index is 5.49. The first kappa shape index (κ1) is 12.3. The van der Waals surface area contributed by atoms with Crippen molar-refractivity contribution in [3.8, 4) is 5.75 Å². The van der Waals surface area contributed by atoms with Gasteiger partial charge in [0.05, 0.1) is 6.26 Å². The van der Waals surface area contributed by atoms with Crippen LogP contribution in [0.25, 0.3) is 0 Å². The molecule has 0 atom stereocenters. The van der Waals surface area contributed by atoms with Gasteiger partial charge in [0.2, 0.25) is 0 Å². The molecule has 0 aliphatic rings. The van der Waals surface area contributed by atoms with Gasteiger partial charge in [0.15, 0.2) is 0 Å². The van der Waals surface area contributed by atoms with Crippen LogP contribution >= 0.6 is 15.9 Å². The van der Waals surface area contributed by atoms with Crippen LogP contribution in [-0.4, -0.2) is 0 Å². The van der Waals surface area contributed by atoms with Crippen molar-refractivity contribution in [1.29, 1.82) is 0 Å². The summed E-state index contributed by atoms with van der Waals surface area (Å²) in [4.78, 5) is 0. The lowest BCUT2D eigenvalue weighted by Crippen LogP contribution is -1.84. The standard InChI is InChI=1S/C13H17BrO/c1-2-3-4-5-9-15-13-8-6-7-12(10-13)11-14/h5-10H,2-4,11H2,1H3. The van der Waals surface area contributed by atoms with Gasteiger partial charge in [0.25, 0.3) is 0 Å². The maximum Gasteiger partial charge on any atom is 0.126 e. The predicted molar refractivity (Wildman–Crippen MR) is 68.4 cm³/mol. The number of ether oxygens (including phenoxy) is 1. The molecule has 2 heteroatoms. The van der Waals surface area contributed by atoms with Gasteiger partial charge in [0.1, 0.15) is 5.75 Å². The van der Waals surface area contributed by atoms with E-state index in [4.69, 9.17) is 4.74 Å². The number of benzene rings is 1. The van der Waals surface area contributed by atoms with E-state index in [1.165, 1.54) is 18.4 Å². The van der Waals surface area contributed by atoms with Crippen LogP contribution in [0, 0.1) is 0 Å². The van der Waals surface area contributed by atoms with E-state index in [9.17, 15) is 0 Å². The summed E-state index contributed by atoms with van der Waals surface area (Å²) in [6.07, 6.45) is 7.40. The number of halogens is 1. The van der Waals surface area contributed by atoms with Gasteiger partial charge < -0.3 is 4.74 Å². The Balaban J connectivity index is 2.39. The van der Waals surface area contributed by atoms with Crippen LogP contribution in [0.2, 0.25) is 0 Å². The zero-order valence-corrected chi connectivity index (χ0v) is 10.7. The molecule has 0 radical (unpaired) electrons. The molecule has 15 heavy (non-hydrogen) atoms. The summed E-state index contributed by atoms with van der Waals surface area (Å²) in [5, 5.41) is 0.865. The average Bonchev–Trinajstić information content (AvgIpc) is 2.29. The van der Waals surface area contributed by atoms with E-state index in [1.54, 1.807) is 6.26 Å². The Labute approximate surface area is 100 Å². The SMILES string of the molecule is CCCCC=COc1cccc(CBr)c1. The van der Waals surface area contributed by atoms with E-state index in [1.807, 2.05) is 18.2 Å². The molecule has 1 aromatic carbocycles. The van der Waals surface area contributed by atoms with Gasteiger partial charge >= 0.3 is 0 Å². The third-order valence-corrected chi connectivity index (χ3v) is 2.72. The lowest BCUT2D eigenvalue weighted by atomic mass is 10.2. The molecule has 1 aromatic rings. The van der Waals surface area contributed by atoms with E-state index in [0.717, 1.165) is 17.5 Å². The number of hydrogen-bond acceptors (Lipinski definition) is 1. The molecule has 1 rings (SSSR count).